The number of benzene rings is 2. The first-order valence-electron chi connectivity index (χ1n) is 10.7. The van der Waals surface area contributed by atoms with E-state index in [-0.39, 0.29) is 28.4 Å². The van der Waals surface area contributed by atoms with Crippen molar-refractivity contribution in [1.29, 1.82) is 0 Å². The van der Waals surface area contributed by atoms with E-state index in [1.54, 1.807) is 0 Å². The minimum absolute atomic E-state index is 0.0162. The molecule has 1 fully saturated rings. The quantitative estimate of drug-likeness (QED) is 0.178. The van der Waals surface area contributed by atoms with E-state index in [0.29, 0.717) is 12.1 Å². The molecule has 1 heterocycles. The number of hydrogen-bond acceptors (Lipinski definition) is 3. The average Bonchev–Trinajstić information content (AvgIpc) is 3.34. The number of pyridine rings is 1. The lowest BCUT2D eigenvalue weighted by Crippen LogP contribution is -2.16. The van der Waals surface area contributed by atoms with E-state index in [1.165, 1.54) is 18.2 Å². The number of amides is 2. The van der Waals surface area contributed by atoms with Crippen LogP contribution in [0.25, 0.3) is 0 Å². The summed E-state index contributed by atoms with van der Waals surface area (Å²) in [6, 6.07) is 8.08. The van der Waals surface area contributed by atoms with Crippen LogP contribution in [0.5, 0.6) is 0 Å². The maximum absolute atomic E-state index is 13.8. The van der Waals surface area contributed by atoms with Gasteiger partial charge in [-0.15, -0.1) is 23.2 Å². The summed E-state index contributed by atoms with van der Waals surface area (Å²) in [7, 11) is 0. The van der Waals surface area contributed by atoms with E-state index >= 15 is 0 Å². The van der Waals surface area contributed by atoms with Crippen LogP contribution >= 0.6 is 34.8 Å². The van der Waals surface area contributed by atoms with Gasteiger partial charge < -0.3 is 10.6 Å². The molecule has 0 radical (unpaired) electrons. The molecule has 2 N–H and O–H groups in total. The third-order valence-electron chi connectivity index (χ3n) is 5.82. The Morgan fingerprint density at radius 2 is 1.68 bits per heavy atom. The average molecular weight is 597 g/mol. The number of alkyl halides is 5. The topological polar surface area (TPSA) is 71.1 Å². The lowest BCUT2D eigenvalue weighted by molar-refractivity contribution is -0.140. The molecule has 0 spiro atoms. The van der Waals surface area contributed by atoms with Crippen LogP contribution in [0.2, 0.25) is 5.02 Å². The molecule has 2 atom stereocenters. The minimum atomic E-state index is -4.93. The van der Waals surface area contributed by atoms with Crippen molar-refractivity contribution in [3.05, 3.63) is 88.0 Å². The van der Waals surface area contributed by atoms with Gasteiger partial charge in [0, 0.05) is 23.9 Å². The summed E-state index contributed by atoms with van der Waals surface area (Å²) in [6.45, 7) is 0. The molecular weight excluding hydrogens is 583 g/mol. The zero-order valence-corrected chi connectivity index (χ0v) is 20.9. The summed E-state index contributed by atoms with van der Waals surface area (Å²) in [6.07, 6.45) is -5.23. The normalized spacial score (nSPS) is 18.1. The van der Waals surface area contributed by atoms with Crippen molar-refractivity contribution in [2.45, 2.75) is 22.8 Å². The summed E-state index contributed by atoms with van der Waals surface area (Å²) >= 11 is 18.5. The van der Waals surface area contributed by atoms with Crippen molar-refractivity contribution in [1.82, 2.24) is 4.98 Å². The number of nitrogens with zero attached hydrogens (tertiary/aromatic N) is 1. The highest BCUT2D eigenvalue weighted by Gasteiger charge is 2.64. The fourth-order valence-corrected chi connectivity index (χ4v) is 4.94. The molecule has 1 aromatic heterocycles. The highest BCUT2D eigenvalue weighted by molar-refractivity contribution is 6.52. The summed E-state index contributed by atoms with van der Waals surface area (Å²) in [5.41, 5.74) is -1.86. The van der Waals surface area contributed by atoms with Crippen LogP contribution in [-0.2, 0) is 11.0 Å². The van der Waals surface area contributed by atoms with Gasteiger partial charge in [-0.1, -0.05) is 17.7 Å². The van der Waals surface area contributed by atoms with Crippen LogP contribution in [0.3, 0.4) is 0 Å². The van der Waals surface area contributed by atoms with E-state index < -0.39 is 63.0 Å². The molecule has 1 aliphatic carbocycles. The molecule has 200 valence electrons. The number of halogens is 9. The molecule has 2 amide bonds. The number of aromatic nitrogens is 1. The van der Waals surface area contributed by atoms with Crippen LogP contribution in [0, 0.1) is 23.6 Å². The number of anilines is 2. The molecule has 5 nitrogen and oxygen atoms in total. The molecule has 0 saturated heterocycles. The molecule has 4 rings (SSSR count). The third kappa shape index (κ3) is 5.84. The minimum Gasteiger partial charge on any atom is -0.326 e. The van der Waals surface area contributed by atoms with Crippen LogP contribution in [0.15, 0.2) is 48.5 Å². The fraction of sp³-hybridized carbons (Fsp3) is 0.208. The van der Waals surface area contributed by atoms with E-state index in [4.69, 9.17) is 34.8 Å². The number of hydrogen-bond donors (Lipinski definition) is 2. The first-order valence-corrected chi connectivity index (χ1v) is 11.8. The molecule has 38 heavy (non-hydrogen) atoms. The molecule has 1 saturated carbocycles. The SMILES string of the molecule is O=C(C[C@@H]1[C@@H](c2ccc(F)c(C(F)(F)F)c2)C1(Cl)Cl)Nc1ccc(Cl)c(NC(=O)c2ccc(F)nc2F)c1. The number of carbonyl (C=O) groups excluding carboxylic acids is 2. The Morgan fingerprint density at radius 3 is 2.34 bits per heavy atom. The first-order chi connectivity index (χ1) is 17.7. The zero-order valence-electron chi connectivity index (χ0n) is 18.6. The van der Waals surface area contributed by atoms with Crippen molar-refractivity contribution < 1.29 is 35.9 Å². The lowest BCUT2D eigenvalue weighted by atomic mass is 10.0. The monoisotopic (exact) mass is 595 g/mol. The molecule has 0 bridgehead atoms. The molecule has 1 aliphatic rings. The summed E-state index contributed by atoms with van der Waals surface area (Å²) in [5, 5.41) is 4.89. The maximum atomic E-state index is 13.8. The van der Waals surface area contributed by atoms with Gasteiger partial charge in [0.25, 0.3) is 5.91 Å². The highest BCUT2D eigenvalue weighted by atomic mass is 35.5. The molecule has 0 unspecified atom stereocenters. The van der Waals surface area contributed by atoms with E-state index in [2.05, 4.69) is 15.6 Å². The van der Waals surface area contributed by atoms with Gasteiger partial charge in [0.05, 0.1) is 21.8 Å². The van der Waals surface area contributed by atoms with Crippen LogP contribution in [0.4, 0.5) is 37.7 Å². The molecular formula is C24H14Cl3F6N3O2. The third-order valence-corrected chi connectivity index (χ3v) is 7.18. The Labute approximate surface area is 226 Å². The zero-order chi connectivity index (χ0) is 28.0. The van der Waals surface area contributed by atoms with E-state index in [9.17, 15) is 35.9 Å². The lowest BCUT2D eigenvalue weighted by Gasteiger charge is -2.11. The van der Waals surface area contributed by atoms with Gasteiger partial charge in [0.2, 0.25) is 17.8 Å². The van der Waals surface area contributed by atoms with Crippen molar-refractivity contribution in [3.63, 3.8) is 0 Å². The van der Waals surface area contributed by atoms with Crippen molar-refractivity contribution >= 4 is 58.0 Å². The molecule has 14 heteroatoms. The number of carbonyl (C=O) groups is 2. The van der Waals surface area contributed by atoms with E-state index in [0.717, 1.165) is 18.2 Å². The smallest absolute Gasteiger partial charge is 0.326 e. The number of rotatable bonds is 6. The van der Waals surface area contributed by atoms with Gasteiger partial charge in [-0.2, -0.15) is 26.9 Å². The Kier molecular flexibility index (Phi) is 7.57. The van der Waals surface area contributed by atoms with Gasteiger partial charge in [-0.25, -0.2) is 4.39 Å². The summed E-state index contributed by atoms with van der Waals surface area (Å²) in [4.78, 5) is 27.9. The number of nitrogens with one attached hydrogen (secondary N) is 2. The van der Waals surface area contributed by atoms with Gasteiger partial charge in [-0.3, -0.25) is 9.59 Å². The summed E-state index contributed by atoms with van der Waals surface area (Å²) < 4.78 is 78.1. The van der Waals surface area contributed by atoms with E-state index in [1.807, 2.05) is 0 Å². The van der Waals surface area contributed by atoms with Gasteiger partial charge >= 0.3 is 6.18 Å². The van der Waals surface area contributed by atoms with Gasteiger partial charge in [0.1, 0.15) is 10.2 Å². The van der Waals surface area contributed by atoms with Crippen molar-refractivity contribution in [2.75, 3.05) is 10.6 Å². The van der Waals surface area contributed by atoms with Crippen LogP contribution < -0.4 is 10.6 Å². The Hall–Kier alpha value is -3.02. The predicted octanol–water partition coefficient (Wildman–Crippen LogP) is 7.34. The van der Waals surface area contributed by atoms with Crippen molar-refractivity contribution in [2.24, 2.45) is 5.92 Å². The van der Waals surface area contributed by atoms with Crippen LogP contribution in [-0.4, -0.2) is 21.1 Å². The standard InChI is InChI=1S/C24H14Cl3F6N3O2/c25-15-4-2-11(8-17(15)35-22(38)12-3-6-18(29)36-21(12)30)34-19(37)9-14-20(23(14,26)27)10-1-5-16(28)13(7-10)24(31,32)33/h1-8,14,20H,9H2,(H,34,37)(H,35,38)/t14-,20-/m1/s1. The fourth-order valence-electron chi connectivity index (χ4n) is 3.93. The van der Waals surface area contributed by atoms with Gasteiger partial charge in [-0.05, 0) is 48.0 Å². The molecule has 3 aromatic rings. The maximum Gasteiger partial charge on any atom is 0.419 e. The predicted molar refractivity (Wildman–Crippen MR) is 129 cm³/mol. The van der Waals surface area contributed by atoms with Gasteiger partial charge in [0.15, 0.2) is 0 Å². The highest BCUT2D eigenvalue weighted by Crippen LogP contribution is 2.66. The Bertz CT molecular complexity index is 1430. The Morgan fingerprint density at radius 1 is 0.974 bits per heavy atom. The Balaban J connectivity index is 1.45. The summed E-state index contributed by atoms with van der Waals surface area (Å²) in [5.74, 6) is -7.14. The van der Waals surface area contributed by atoms with Crippen molar-refractivity contribution in [3.8, 4) is 0 Å². The second kappa shape index (κ2) is 10.3. The largest absolute Gasteiger partial charge is 0.419 e. The molecule has 0 aliphatic heterocycles. The van der Waals surface area contributed by atoms with Crippen LogP contribution in [0.1, 0.15) is 33.8 Å². The second-order valence-electron chi connectivity index (χ2n) is 8.37. The molecule has 2 aromatic carbocycles. The second-order valence-corrected chi connectivity index (χ2v) is 10.2. The first kappa shape index (κ1) is 28.0.